The molecule has 62 valence electrons. The molecule has 12 heavy (non-hydrogen) atoms. The van der Waals surface area contributed by atoms with Gasteiger partial charge < -0.3 is 9.63 Å². The normalized spacial score (nSPS) is 10.8. The first-order chi connectivity index (χ1) is 5.68. The summed E-state index contributed by atoms with van der Waals surface area (Å²) >= 11 is 3.35. The van der Waals surface area contributed by atoms with Crippen molar-refractivity contribution in [2.24, 2.45) is 0 Å². The molecule has 1 aromatic heterocycles. The Morgan fingerprint density at radius 2 is 2.25 bits per heavy atom. The Balaban J connectivity index is 2.87. The van der Waals surface area contributed by atoms with Gasteiger partial charge in [0.25, 0.3) is 5.88 Å². The smallest absolute Gasteiger partial charge is 0.259 e. The average Bonchev–Trinajstić information content (AvgIpc) is 2.35. The van der Waals surface area contributed by atoms with Gasteiger partial charge in [0, 0.05) is 4.47 Å². The van der Waals surface area contributed by atoms with E-state index in [-0.39, 0.29) is 5.88 Å². The third-order valence-corrected chi connectivity index (χ3v) is 2.59. The Kier molecular flexibility index (Phi) is 1.58. The quantitative estimate of drug-likeness (QED) is 0.753. The van der Waals surface area contributed by atoms with Crippen LogP contribution in [0.4, 0.5) is 0 Å². The van der Waals surface area contributed by atoms with Crippen LogP contribution in [0.5, 0.6) is 5.88 Å². The summed E-state index contributed by atoms with van der Waals surface area (Å²) in [4.78, 5) is 0. The Hall–Kier alpha value is -1.03. The molecule has 0 aliphatic heterocycles. The molecule has 0 bridgehead atoms. The second-order valence-electron chi connectivity index (χ2n) is 2.60. The molecule has 1 heterocycles. The lowest BCUT2D eigenvalue weighted by Crippen LogP contribution is -1.74. The third-order valence-electron chi connectivity index (χ3n) is 1.73. The molecule has 0 atom stereocenters. The molecule has 3 nitrogen and oxygen atoms in total. The predicted octanol–water partition coefficient (Wildman–Crippen LogP) is 2.60. The topological polar surface area (TPSA) is 46.3 Å². The van der Waals surface area contributed by atoms with Gasteiger partial charge in [-0.05, 0) is 29.8 Å². The lowest BCUT2D eigenvalue weighted by Gasteiger charge is -1.94. The van der Waals surface area contributed by atoms with E-state index in [1.165, 1.54) is 0 Å². The second-order valence-corrected chi connectivity index (χ2v) is 3.46. The molecule has 0 fully saturated rings. The summed E-state index contributed by atoms with van der Waals surface area (Å²) in [6, 6.07) is 3.61. The van der Waals surface area contributed by atoms with Crippen LogP contribution in [0.25, 0.3) is 11.0 Å². The van der Waals surface area contributed by atoms with Gasteiger partial charge in [0.2, 0.25) is 0 Å². The van der Waals surface area contributed by atoms with E-state index >= 15 is 0 Å². The standard InChI is InChI=1S/C8H6BrNO2/c1-4-2-7-5(3-6(4)9)8(11)10-12-7/h2-3H,1H3,(H,10,11). The second kappa shape index (κ2) is 2.48. The van der Waals surface area contributed by atoms with E-state index in [2.05, 4.69) is 21.1 Å². The number of rotatable bonds is 0. The van der Waals surface area contributed by atoms with Gasteiger partial charge in [-0.1, -0.05) is 15.9 Å². The molecule has 0 saturated heterocycles. The first-order valence-corrected chi connectivity index (χ1v) is 4.22. The van der Waals surface area contributed by atoms with Crippen LogP contribution in [0.1, 0.15) is 5.56 Å². The third kappa shape index (κ3) is 0.992. The van der Waals surface area contributed by atoms with E-state index in [0.717, 1.165) is 10.0 Å². The highest BCUT2D eigenvalue weighted by molar-refractivity contribution is 9.10. The lowest BCUT2D eigenvalue weighted by atomic mass is 10.2. The van der Waals surface area contributed by atoms with Crippen molar-refractivity contribution >= 4 is 26.9 Å². The van der Waals surface area contributed by atoms with Crippen LogP contribution in [0.15, 0.2) is 21.1 Å². The molecule has 4 heteroatoms. The molecule has 1 N–H and O–H groups in total. The molecule has 0 spiro atoms. The molecule has 0 aliphatic rings. The monoisotopic (exact) mass is 227 g/mol. The maximum atomic E-state index is 9.20. The molecule has 0 aliphatic carbocycles. The first-order valence-electron chi connectivity index (χ1n) is 3.43. The van der Waals surface area contributed by atoms with Crippen molar-refractivity contribution in [1.82, 2.24) is 5.16 Å². The summed E-state index contributed by atoms with van der Waals surface area (Å²) < 4.78 is 5.80. The van der Waals surface area contributed by atoms with Crippen LogP contribution in [0.2, 0.25) is 0 Å². The fourth-order valence-corrected chi connectivity index (χ4v) is 1.39. The van der Waals surface area contributed by atoms with Gasteiger partial charge in [-0.2, -0.15) is 0 Å². The largest absolute Gasteiger partial charge is 0.491 e. The number of benzene rings is 1. The minimum Gasteiger partial charge on any atom is -0.491 e. The van der Waals surface area contributed by atoms with Gasteiger partial charge in [0.1, 0.15) is 0 Å². The van der Waals surface area contributed by atoms with Crippen LogP contribution in [0, 0.1) is 6.92 Å². The zero-order chi connectivity index (χ0) is 8.72. The number of aromatic hydroxyl groups is 1. The van der Waals surface area contributed by atoms with Crippen LogP contribution in [-0.2, 0) is 0 Å². The number of hydrogen-bond donors (Lipinski definition) is 1. The summed E-state index contributed by atoms with van der Waals surface area (Å²) in [5, 5.41) is 13.3. The van der Waals surface area contributed by atoms with Crippen molar-refractivity contribution in [2.75, 3.05) is 0 Å². The van der Waals surface area contributed by atoms with Gasteiger partial charge in [-0.15, -0.1) is 0 Å². The summed E-state index contributed by atoms with van der Waals surface area (Å²) in [5.41, 5.74) is 1.66. The Labute approximate surface area is 77.1 Å². The van der Waals surface area contributed by atoms with Crippen molar-refractivity contribution < 1.29 is 9.63 Å². The highest BCUT2D eigenvalue weighted by Gasteiger charge is 2.07. The van der Waals surface area contributed by atoms with Gasteiger partial charge in [0.05, 0.1) is 5.39 Å². The lowest BCUT2D eigenvalue weighted by molar-refractivity contribution is 0.376. The van der Waals surface area contributed by atoms with Gasteiger partial charge in [-0.25, -0.2) is 0 Å². The molecule has 2 aromatic rings. The molecular formula is C8H6BrNO2. The van der Waals surface area contributed by atoms with Crippen molar-refractivity contribution in [3.8, 4) is 5.88 Å². The summed E-state index contributed by atoms with van der Waals surface area (Å²) in [6.07, 6.45) is 0. The van der Waals surface area contributed by atoms with Gasteiger partial charge in [0.15, 0.2) is 5.58 Å². The summed E-state index contributed by atoms with van der Waals surface area (Å²) in [5.74, 6) is -0.0642. The molecule has 0 unspecified atom stereocenters. The first kappa shape index (κ1) is 7.61. The van der Waals surface area contributed by atoms with E-state index in [9.17, 15) is 5.11 Å². The SMILES string of the molecule is Cc1cc2onc(O)c2cc1Br. The minimum atomic E-state index is -0.0642. The number of aryl methyl sites for hydroxylation is 1. The highest BCUT2D eigenvalue weighted by atomic mass is 79.9. The highest BCUT2D eigenvalue weighted by Crippen LogP contribution is 2.29. The van der Waals surface area contributed by atoms with Crippen molar-refractivity contribution in [3.05, 3.63) is 22.2 Å². The molecule has 0 radical (unpaired) electrons. The van der Waals surface area contributed by atoms with Crippen LogP contribution < -0.4 is 0 Å². The summed E-state index contributed by atoms with van der Waals surface area (Å²) in [7, 11) is 0. The predicted molar refractivity (Wildman–Crippen MR) is 48.1 cm³/mol. The zero-order valence-corrected chi connectivity index (χ0v) is 7.92. The molecule has 0 amide bonds. The van der Waals surface area contributed by atoms with Gasteiger partial charge >= 0.3 is 0 Å². The number of fused-ring (bicyclic) bond motifs is 1. The molecular weight excluding hydrogens is 222 g/mol. The molecule has 1 aromatic carbocycles. The van der Waals surface area contributed by atoms with E-state index in [4.69, 9.17) is 4.52 Å². The van der Waals surface area contributed by atoms with E-state index < -0.39 is 0 Å². The minimum absolute atomic E-state index is 0.0642. The number of aromatic nitrogens is 1. The van der Waals surface area contributed by atoms with Crippen LogP contribution in [0.3, 0.4) is 0 Å². The summed E-state index contributed by atoms with van der Waals surface area (Å²) in [6.45, 7) is 1.95. The van der Waals surface area contributed by atoms with Gasteiger partial charge in [-0.3, -0.25) is 0 Å². The van der Waals surface area contributed by atoms with Crippen molar-refractivity contribution in [3.63, 3.8) is 0 Å². The van der Waals surface area contributed by atoms with E-state index in [1.54, 1.807) is 6.07 Å². The Morgan fingerprint density at radius 3 is 3.00 bits per heavy atom. The number of nitrogens with zero attached hydrogens (tertiary/aromatic N) is 1. The van der Waals surface area contributed by atoms with Crippen LogP contribution >= 0.6 is 15.9 Å². The fourth-order valence-electron chi connectivity index (χ4n) is 1.05. The average molecular weight is 228 g/mol. The Morgan fingerprint density at radius 1 is 1.50 bits per heavy atom. The number of hydrogen-bond acceptors (Lipinski definition) is 3. The maximum Gasteiger partial charge on any atom is 0.259 e. The zero-order valence-electron chi connectivity index (χ0n) is 6.34. The van der Waals surface area contributed by atoms with E-state index in [0.29, 0.717) is 11.0 Å². The molecule has 2 rings (SSSR count). The fraction of sp³-hybridized carbons (Fsp3) is 0.125. The van der Waals surface area contributed by atoms with E-state index in [1.807, 2.05) is 13.0 Å². The number of halogens is 1. The van der Waals surface area contributed by atoms with Crippen LogP contribution in [-0.4, -0.2) is 10.3 Å². The van der Waals surface area contributed by atoms with Crippen molar-refractivity contribution in [1.29, 1.82) is 0 Å². The molecule has 0 saturated carbocycles. The maximum absolute atomic E-state index is 9.20. The Bertz CT molecular complexity index is 436. The van der Waals surface area contributed by atoms with Crippen molar-refractivity contribution in [2.45, 2.75) is 6.92 Å².